The van der Waals surface area contributed by atoms with Crippen LogP contribution in [0.15, 0.2) is 30.3 Å². The number of amides is 3. The zero-order valence-corrected chi connectivity index (χ0v) is 16.1. The van der Waals surface area contributed by atoms with Crippen LogP contribution in [0.4, 0.5) is 0 Å². The van der Waals surface area contributed by atoms with Gasteiger partial charge >= 0.3 is 5.97 Å². The molecule has 4 rings (SSSR count). The lowest BCUT2D eigenvalue weighted by Gasteiger charge is -2.57. The minimum atomic E-state index is -1.48. The van der Waals surface area contributed by atoms with E-state index >= 15 is 0 Å². The number of ether oxygens (including phenoxy) is 1. The van der Waals surface area contributed by atoms with Crippen molar-refractivity contribution in [2.45, 2.75) is 49.4 Å². The Hall–Kier alpha value is -2.39. The van der Waals surface area contributed by atoms with Gasteiger partial charge in [-0.25, -0.2) is 4.79 Å². The fraction of sp³-hybridized carbons (Fsp3) is 0.474. The molecule has 1 N–H and O–H groups in total. The van der Waals surface area contributed by atoms with E-state index in [0.717, 1.165) is 10.5 Å². The first-order valence-corrected chi connectivity index (χ1v) is 10.1. The second-order valence-corrected chi connectivity index (χ2v) is 8.51. The first kappa shape index (κ1) is 18.9. The van der Waals surface area contributed by atoms with Crippen LogP contribution in [-0.2, 0) is 30.5 Å². The van der Waals surface area contributed by atoms with Crippen molar-refractivity contribution in [2.24, 2.45) is 0 Å². The Labute approximate surface area is 165 Å². The molecule has 0 radical (unpaired) electrons. The van der Waals surface area contributed by atoms with E-state index in [1.807, 2.05) is 18.2 Å². The summed E-state index contributed by atoms with van der Waals surface area (Å²) in [4.78, 5) is 51.9. The lowest BCUT2D eigenvalue weighted by Crippen LogP contribution is -2.79. The van der Waals surface area contributed by atoms with Crippen molar-refractivity contribution in [3.8, 4) is 0 Å². The Morgan fingerprint density at radius 3 is 2.50 bits per heavy atom. The van der Waals surface area contributed by atoms with Crippen molar-refractivity contribution < 1.29 is 29.0 Å². The summed E-state index contributed by atoms with van der Waals surface area (Å²) in [6, 6.07) is 7.01. The third kappa shape index (κ3) is 2.98. The summed E-state index contributed by atoms with van der Waals surface area (Å²) >= 11 is 1.26. The van der Waals surface area contributed by atoms with Crippen LogP contribution in [0.2, 0.25) is 0 Å². The van der Waals surface area contributed by atoms with E-state index in [0.29, 0.717) is 0 Å². The van der Waals surface area contributed by atoms with Crippen LogP contribution >= 0.6 is 11.8 Å². The van der Waals surface area contributed by atoms with E-state index < -0.39 is 34.9 Å². The molecule has 0 saturated carbocycles. The molecule has 0 bridgehead atoms. The van der Waals surface area contributed by atoms with Gasteiger partial charge in [-0.05, 0) is 12.5 Å². The molecule has 0 aliphatic carbocycles. The molecular weight excluding hydrogens is 384 g/mol. The summed E-state index contributed by atoms with van der Waals surface area (Å²) in [6.07, 6.45) is 0.195. The van der Waals surface area contributed by atoms with E-state index in [2.05, 4.69) is 0 Å². The van der Waals surface area contributed by atoms with Gasteiger partial charge in [0.05, 0.1) is 0 Å². The molecule has 2 unspecified atom stereocenters. The maximum atomic E-state index is 12.8. The average molecular weight is 404 g/mol. The van der Waals surface area contributed by atoms with Crippen molar-refractivity contribution in [1.29, 1.82) is 0 Å². The van der Waals surface area contributed by atoms with E-state index in [4.69, 9.17) is 4.74 Å². The number of aliphatic hydroxyl groups is 1. The molecule has 3 aliphatic heterocycles. The van der Waals surface area contributed by atoms with Gasteiger partial charge in [0.25, 0.3) is 5.91 Å². The van der Waals surface area contributed by atoms with Crippen molar-refractivity contribution in [3.63, 3.8) is 0 Å². The normalized spacial score (nSPS) is 32.2. The summed E-state index contributed by atoms with van der Waals surface area (Å²) in [6.45, 7) is 1.51. The molecule has 3 amide bonds. The minimum Gasteiger partial charge on any atom is -0.459 e. The van der Waals surface area contributed by atoms with Crippen molar-refractivity contribution in [1.82, 2.24) is 9.80 Å². The number of esters is 1. The highest BCUT2D eigenvalue weighted by Gasteiger charge is 2.64. The first-order chi connectivity index (χ1) is 13.3. The quantitative estimate of drug-likeness (QED) is 0.437. The molecule has 0 aromatic heterocycles. The van der Waals surface area contributed by atoms with Crippen LogP contribution in [-0.4, -0.2) is 67.4 Å². The number of hydrogen-bond acceptors (Lipinski definition) is 7. The van der Waals surface area contributed by atoms with Crippen LogP contribution < -0.4 is 0 Å². The zero-order valence-electron chi connectivity index (χ0n) is 15.2. The van der Waals surface area contributed by atoms with Crippen molar-refractivity contribution in [3.05, 3.63) is 35.9 Å². The second-order valence-electron chi connectivity index (χ2n) is 7.40. The van der Waals surface area contributed by atoms with Gasteiger partial charge in [0, 0.05) is 18.6 Å². The van der Waals surface area contributed by atoms with Crippen molar-refractivity contribution >= 4 is 35.5 Å². The molecular formula is C19H20N2O6S. The third-order valence-electron chi connectivity index (χ3n) is 5.28. The molecule has 1 aromatic rings. The Kier molecular flexibility index (Phi) is 4.67. The molecule has 0 spiro atoms. The lowest BCUT2D eigenvalue weighted by molar-refractivity contribution is -0.184. The molecule has 8 nitrogen and oxygen atoms in total. The van der Waals surface area contributed by atoms with Gasteiger partial charge in [0.15, 0.2) is 6.04 Å². The highest BCUT2D eigenvalue weighted by atomic mass is 32.2. The number of likely N-dealkylation sites (tertiary alicyclic amines) is 1. The largest absolute Gasteiger partial charge is 0.459 e. The van der Waals surface area contributed by atoms with Crippen LogP contribution in [0.3, 0.4) is 0 Å². The summed E-state index contributed by atoms with van der Waals surface area (Å²) in [5.74, 6) is -1.78. The number of fused-ring (bicyclic) bond motifs is 1. The molecule has 3 fully saturated rings. The fourth-order valence-electron chi connectivity index (χ4n) is 3.87. The average Bonchev–Trinajstić information content (AvgIpc) is 2.99. The van der Waals surface area contributed by atoms with Crippen LogP contribution in [0.1, 0.15) is 25.3 Å². The number of rotatable bonds is 4. The van der Waals surface area contributed by atoms with Gasteiger partial charge in [-0.3, -0.25) is 19.3 Å². The molecule has 9 heteroatoms. The van der Waals surface area contributed by atoms with Gasteiger partial charge in [-0.2, -0.15) is 0 Å². The fourth-order valence-corrected chi connectivity index (χ4v) is 5.34. The standard InChI is InChI=1S/C19H20N2O6S/c1-19(26)10-28-17-14(20-12(22)7-8-13(20)23)16(24)21(17)15(19)18(25)27-9-11-5-3-2-4-6-11/h2-6,14-15,17,26H,7-10H2,1H3/t14?,15?,17-,19+/m0/s1. The molecule has 1 aromatic carbocycles. The predicted molar refractivity (Wildman–Crippen MR) is 98.6 cm³/mol. The van der Waals surface area contributed by atoms with Gasteiger partial charge in [0.1, 0.15) is 23.6 Å². The number of hydrogen-bond donors (Lipinski definition) is 1. The smallest absolute Gasteiger partial charge is 0.332 e. The molecule has 148 valence electrons. The third-order valence-corrected chi connectivity index (χ3v) is 6.86. The SMILES string of the molecule is C[C@@]1(O)CS[C@H]2C(N3C(=O)CCC3=O)C(=O)N2C1C(=O)OCc1ccccc1. The zero-order chi connectivity index (χ0) is 20.1. The maximum absolute atomic E-state index is 12.8. The highest BCUT2D eigenvalue weighted by Crippen LogP contribution is 2.45. The molecule has 3 aliphatic rings. The molecule has 4 atom stereocenters. The van der Waals surface area contributed by atoms with E-state index in [-0.39, 0.29) is 37.0 Å². The van der Waals surface area contributed by atoms with E-state index in [9.17, 15) is 24.3 Å². The summed E-state index contributed by atoms with van der Waals surface area (Å²) in [5.41, 5.74) is -0.687. The molecule has 3 saturated heterocycles. The van der Waals surface area contributed by atoms with Crippen LogP contribution in [0, 0.1) is 0 Å². The van der Waals surface area contributed by atoms with Gasteiger partial charge in [-0.1, -0.05) is 30.3 Å². The van der Waals surface area contributed by atoms with Crippen molar-refractivity contribution in [2.75, 3.05) is 5.75 Å². The summed E-state index contributed by atoms with van der Waals surface area (Å²) in [7, 11) is 0. The monoisotopic (exact) mass is 404 g/mol. The number of benzene rings is 1. The maximum Gasteiger partial charge on any atom is 0.332 e. The highest BCUT2D eigenvalue weighted by molar-refractivity contribution is 8.00. The van der Waals surface area contributed by atoms with Gasteiger partial charge in [0.2, 0.25) is 11.8 Å². The second kappa shape index (κ2) is 6.89. The number of nitrogens with zero attached hydrogens (tertiary/aromatic N) is 2. The first-order valence-electron chi connectivity index (χ1n) is 9.03. The molecule has 28 heavy (non-hydrogen) atoms. The minimum absolute atomic E-state index is 0.0264. The molecule has 3 heterocycles. The van der Waals surface area contributed by atoms with Crippen LogP contribution in [0.5, 0.6) is 0 Å². The number of thioether (sulfide) groups is 1. The predicted octanol–water partition coefficient (Wildman–Crippen LogP) is 0.282. The Morgan fingerprint density at radius 2 is 1.86 bits per heavy atom. The summed E-state index contributed by atoms with van der Waals surface area (Å²) < 4.78 is 5.36. The number of β-lactam (4-membered cyclic amide) rings is 1. The Bertz CT molecular complexity index is 826. The van der Waals surface area contributed by atoms with E-state index in [1.165, 1.54) is 23.6 Å². The van der Waals surface area contributed by atoms with Gasteiger partial charge in [-0.15, -0.1) is 11.8 Å². The summed E-state index contributed by atoms with van der Waals surface area (Å²) in [5, 5.41) is 10.2. The number of carbonyl (C=O) groups is 4. The number of carbonyl (C=O) groups excluding carboxylic acids is 4. The van der Waals surface area contributed by atoms with Crippen LogP contribution in [0.25, 0.3) is 0 Å². The lowest BCUT2D eigenvalue weighted by atomic mass is 9.90. The Balaban J connectivity index is 1.52. The topological polar surface area (TPSA) is 104 Å². The number of imide groups is 1. The van der Waals surface area contributed by atoms with Gasteiger partial charge < -0.3 is 14.7 Å². The Morgan fingerprint density at radius 1 is 1.21 bits per heavy atom. The van der Waals surface area contributed by atoms with E-state index in [1.54, 1.807) is 12.1 Å².